The topological polar surface area (TPSA) is 109 Å². The van der Waals surface area contributed by atoms with Crippen molar-refractivity contribution < 1.29 is 18.0 Å². The lowest BCUT2D eigenvalue weighted by Crippen LogP contribution is -2.49. The van der Waals surface area contributed by atoms with E-state index in [0.717, 1.165) is 10.5 Å². The van der Waals surface area contributed by atoms with Gasteiger partial charge in [-0.2, -0.15) is 18.4 Å². The maximum absolute atomic E-state index is 13.6. The van der Waals surface area contributed by atoms with E-state index in [1.807, 2.05) is 0 Å². The molecule has 0 N–H and O–H groups in total. The molecule has 1 amide bonds. The lowest BCUT2D eigenvalue weighted by Gasteiger charge is -2.31. The van der Waals surface area contributed by atoms with Crippen molar-refractivity contribution in [2.24, 2.45) is 5.11 Å². The van der Waals surface area contributed by atoms with E-state index >= 15 is 0 Å². The van der Waals surface area contributed by atoms with Gasteiger partial charge in [0.05, 0.1) is 11.6 Å². The Morgan fingerprint density at radius 3 is 2.62 bits per heavy atom. The highest BCUT2D eigenvalue weighted by Crippen LogP contribution is 2.38. The highest BCUT2D eigenvalue weighted by atomic mass is 79.9. The molecule has 2 atom stereocenters. The molecule has 12 heteroatoms. The quantitative estimate of drug-likeness (QED) is 0.330. The molecule has 1 fully saturated rings. The molecule has 0 saturated carbocycles. The molecule has 32 heavy (non-hydrogen) atoms. The third-order valence-electron chi connectivity index (χ3n) is 5.18. The van der Waals surface area contributed by atoms with Crippen molar-refractivity contribution in [2.45, 2.75) is 31.6 Å². The van der Waals surface area contributed by atoms with Gasteiger partial charge in [-0.25, -0.2) is 4.98 Å². The van der Waals surface area contributed by atoms with E-state index < -0.39 is 35.3 Å². The second-order valence-corrected chi connectivity index (χ2v) is 8.11. The van der Waals surface area contributed by atoms with Crippen molar-refractivity contribution in [3.63, 3.8) is 0 Å². The highest BCUT2D eigenvalue weighted by molar-refractivity contribution is 9.10. The Hall–Kier alpha value is -3.29. The first-order chi connectivity index (χ1) is 15.1. The van der Waals surface area contributed by atoms with Gasteiger partial charge in [0.25, 0.3) is 0 Å². The fraction of sp³-hybridized carbons (Fsp3) is 0.350. The van der Waals surface area contributed by atoms with Crippen LogP contribution in [-0.4, -0.2) is 36.6 Å². The molecule has 1 aromatic heterocycles. The Morgan fingerprint density at radius 1 is 1.41 bits per heavy atom. The van der Waals surface area contributed by atoms with E-state index in [2.05, 4.69) is 30.9 Å². The van der Waals surface area contributed by atoms with E-state index in [0.29, 0.717) is 5.69 Å². The maximum Gasteiger partial charge on any atom is 0.417 e. The summed E-state index contributed by atoms with van der Waals surface area (Å²) in [6.45, 7) is 1.47. The van der Waals surface area contributed by atoms with E-state index in [4.69, 9.17) is 5.53 Å². The number of aryl methyl sites for hydroxylation is 1. The molecule has 1 aromatic carbocycles. The number of carbonyl (C=O) groups excluding carboxylic acids is 1. The van der Waals surface area contributed by atoms with Crippen molar-refractivity contribution in [1.82, 2.24) is 4.98 Å². The minimum Gasteiger partial charge on any atom is -0.343 e. The van der Waals surface area contributed by atoms with E-state index in [9.17, 15) is 23.2 Å². The number of carbonyl (C=O) groups is 1. The summed E-state index contributed by atoms with van der Waals surface area (Å²) < 4.78 is 41.5. The maximum atomic E-state index is 13.6. The van der Waals surface area contributed by atoms with Crippen LogP contribution in [0.4, 0.5) is 24.7 Å². The summed E-state index contributed by atoms with van der Waals surface area (Å²) in [5.41, 5.74) is 7.75. The second kappa shape index (κ2) is 9.06. The minimum atomic E-state index is -4.77. The number of hydrogen-bond acceptors (Lipinski definition) is 5. The van der Waals surface area contributed by atoms with Gasteiger partial charge in [-0.3, -0.25) is 4.79 Å². The molecular formula is C20H17BrF3N7O. The molecule has 2 heterocycles. The molecule has 1 aliphatic rings. The third kappa shape index (κ3) is 4.49. The molecule has 1 saturated heterocycles. The lowest BCUT2D eigenvalue weighted by molar-refractivity contribution is -0.137. The van der Waals surface area contributed by atoms with E-state index in [1.54, 1.807) is 30.3 Å². The van der Waals surface area contributed by atoms with Crippen LogP contribution in [0.3, 0.4) is 0 Å². The summed E-state index contributed by atoms with van der Waals surface area (Å²) in [5.74, 6) is -0.749. The average molecular weight is 508 g/mol. The van der Waals surface area contributed by atoms with Crippen LogP contribution in [0.1, 0.15) is 23.2 Å². The van der Waals surface area contributed by atoms with Gasteiger partial charge >= 0.3 is 6.18 Å². The lowest BCUT2D eigenvalue weighted by atomic mass is 10.1. The summed E-state index contributed by atoms with van der Waals surface area (Å²) in [6, 6.07) is 7.29. The normalized spacial score (nSPS) is 18.1. The van der Waals surface area contributed by atoms with Gasteiger partial charge in [0.2, 0.25) is 5.91 Å². The summed E-state index contributed by atoms with van der Waals surface area (Å²) in [7, 11) is 1.52. The fourth-order valence-corrected chi connectivity index (χ4v) is 3.95. The predicted octanol–water partition coefficient (Wildman–Crippen LogP) is 4.96. The number of anilines is 2. The van der Waals surface area contributed by atoms with Crippen LogP contribution in [-0.2, 0) is 11.0 Å². The van der Waals surface area contributed by atoms with Crippen LogP contribution >= 0.6 is 15.9 Å². The van der Waals surface area contributed by atoms with Crippen molar-refractivity contribution in [3.8, 4) is 6.07 Å². The molecule has 3 rings (SSSR count). The molecule has 0 aliphatic carbocycles. The summed E-state index contributed by atoms with van der Waals surface area (Å²) in [4.78, 5) is 23.0. The number of amides is 1. The molecule has 8 nitrogen and oxygen atoms in total. The molecule has 0 spiro atoms. The first-order valence-corrected chi connectivity index (χ1v) is 10.2. The number of aromatic nitrogens is 1. The average Bonchev–Trinajstić information content (AvgIpc) is 3.15. The first-order valence-electron chi connectivity index (χ1n) is 9.41. The Bertz CT molecular complexity index is 1120. The predicted molar refractivity (Wildman–Crippen MR) is 115 cm³/mol. The second-order valence-electron chi connectivity index (χ2n) is 7.19. The Kier molecular flexibility index (Phi) is 6.62. The zero-order chi connectivity index (χ0) is 23.6. The third-order valence-corrected chi connectivity index (χ3v) is 5.71. The number of alkyl halides is 3. The minimum absolute atomic E-state index is 0.0472. The van der Waals surface area contributed by atoms with Gasteiger partial charge in [-0.1, -0.05) is 21.0 Å². The number of hydrogen-bond donors (Lipinski definition) is 0. The summed E-state index contributed by atoms with van der Waals surface area (Å²) in [6.07, 6.45) is -4.55. The van der Waals surface area contributed by atoms with E-state index in [1.165, 1.54) is 23.8 Å². The monoisotopic (exact) mass is 507 g/mol. The van der Waals surface area contributed by atoms with Crippen LogP contribution in [0.15, 0.2) is 39.9 Å². The zero-order valence-electron chi connectivity index (χ0n) is 17.0. The number of nitrogens with zero attached hydrogens (tertiary/aromatic N) is 7. The molecule has 1 aliphatic heterocycles. The molecule has 0 bridgehead atoms. The van der Waals surface area contributed by atoms with E-state index in [-0.39, 0.29) is 24.5 Å². The number of rotatable bonds is 4. The van der Waals surface area contributed by atoms with Gasteiger partial charge < -0.3 is 9.80 Å². The Morgan fingerprint density at radius 2 is 2.06 bits per heavy atom. The van der Waals surface area contributed by atoms with Crippen molar-refractivity contribution in [2.75, 3.05) is 23.4 Å². The van der Waals surface area contributed by atoms with Gasteiger partial charge in [0, 0.05) is 34.4 Å². The molecule has 0 radical (unpaired) electrons. The zero-order valence-corrected chi connectivity index (χ0v) is 18.6. The number of likely N-dealkylation sites (N-methyl/N-ethyl adjacent to an activating group) is 1. The Balaban J connectivity index is 2.11. The number of halogens is 4. The molecule has 0 unspecified atom stereocenters. The van der Waals surface area contributed by atoms with Gasteiger partial charge in [0.15, 0.2) is 0 Å². The summed E-state index contributed by atoms with van der Waals surface area (Å²) in [5, 5.41) is 13.2. The van der Waals surface area contributed by atoms with Crippen LogP contribution in [0, 0.1) is 18.3 Å². The SMILES string of the molecule is Cc1cc(C(F)(F)F)c(C#N)c(N2CC[C@@H](N=[N+]=[N-])[C@H]2C(=O)N(C)c2ccc(Br)cc2)n1. The van der Waals surface area contributed by atoms with Crippen molar-refractivity contribution in [1.29, 1.82) is 5.26 Å². The number of azide groups is 1. The number of nitriles is 1. The Labute approximate surface area is 190 Å². The first kappa shape index (κ1) is 23.4. The number of pyridine rings is 1. The largest absolute Gasteiger partial charge is 0.417 e. The van der Waals surface area contributed by atoms with Crippen LogP contribution < -0.4 is 9.80 Å². The van der Waals surface area contributed by atoms with Crippen LogP contribution in [0.5, 0.6) is 0 Å². The van der Waals surface area contributed by atoms with Crippen LogP contribution in [0.25, 0.3) is 10.4 Å². The van der Waals surface area contributed by atoms with Gasteiger partial charge in [-0.15, -0.1) is 0 Å². The van der Waals surface area contributed by atoms with Crippen molar-refractivity contribution >= 4 is 33.3 Å². The van der Waals surface area contributed by atoms with Gasteiger partial charge in [0.1, 0.15) is 23.5 Å². The number of benzene rings is 1. The summed E-state index contributed by atoms with van der Waals surface area (Å²) >= 11 is 3.32. The highest BCUT2D eigenvalue weighted by Gasteiger charge is 2.44. The smallest absolute Gasteiger partial charge is 0.343 e. The van der Waals surface area contributed by atoms with Crippen LogP contribution in [0.2, 0.25) is 0 Å². The molecular weight excluding hydrogens is 491 g/mol. The van der Waals surface area contributed by atoms with Crippen molar-refractivity contribution in [3.05, 3.63) is 62.1 Å². The molecule has 2 aromatic rings. The molecule has 166 valence electrons. The fourth-order valence-electron chi connectivity index (χ4n) is 3.69. The van der Waals surface area contributed by atoms with Gasteiger partial charge in [-0.05, 0) is 49.2 Å². The standard InChI is InChI=1S/C20H17BrF3N7O/c1-11-9-15(20(22,23)24)14(10-25)18(27-11)31-8-7-16(28-29-26)17(31)19(32)30(2)13-5-3-12(21)4-6-13/h3-6,9,16-17H,7-8H2,1-2H3/t16-,17+/m1/s1.